The average molecular weight is 503 g/mol. The number of benzene rings is 1. The number of carboxylic acids is 1. The van der Waals surface area contributed by atoms with E-state index in [1.807, 2.05) is 0 Å². The van der Waals surface area contributed by atoms with Gasteiger partial charge in [0.05, 0.1) is 12.1 Å². The highest BCUT2D eigenvalue weighted by molar-refractivity contribution is 5.72. The fourth-order valence-electron chi connectivity index (χ4n) is 5.31. The second kappa shape index (κ2) is 8.45. The summed E-state index contributed by atoms with van der Waals surface area (Å²) < 4.78 is 19.7. The molecule has 3 aliphatic heterocycles. The van der Waals surface area contributed by atoms with Gasteiger partial charge < -0.3 is 24.2 Å². The number of ether oxygens (including phenoxy) is 3. The molecule has 12 heteroatoms. The third-order valence-corrected chi connectivity index (χ3v) is 7.09. The van der Waals surface area contributed by atoms with E-state index in [0.717, 1.165) is 9.25 Å². The van der Waals surface area contributed by atoms with Crippen LogP contribution in [0.3, 0.4) is 0 Å². The molecule has 0 bridgehead atoms. The lowest BCUT2D eigenvalue weighted by Crippen LogP contribution is -2.56. The van der Waals surface area contributed by atoms with Crippen LogP contribution >= 0.6 is 0 Å². The topological polar surface area (TPSA) is 134 Å². The Morgan fingerprint density at radius 2 is 1.78 bits per heavy atom. The number of amides is 1. The molecule has 1 aromatic heterocycles. The Bertz CT molecular complexity index is 1320. The quantitative estimate of drug-likeness (QED) is 0.671. The molecule has 0 saturated carbocycles. The van der Waals surface area contributed by atoms with Crippen LogP contribution in [0.25, 0.3) is 0 Å². The molecule has 1 spiro atoms. The zero-order valence-electron chi connectivity index (χ0n) is 20.6. The van der Waals surface area contributed by atoms with E-state index in [9.17, 15) is 24.3 Å². The number of carboxylic acid groups (broad SMARTS) is 1. The largest absolute Gasteiger partial charge is 0.480 e. The highest BCUT2D eigenvalue weighted by Gasteiger charge is 2.47. The summed E-state index contributed by atoms with van der Waals surface area (Å²) in [5, 5.41) is 9.83. The van der Waals surface area contributed by atoms with Gasteiger partial charge >= 0.3 is 23.4 Å². The third kappa shape index (κ3) is 4.03. The maximum atomic E-state index is 13.7. The minimum Gasteiger partial charge on any atom is -0.480 e. The molecular weight excluding hydrogens is 472 g/mol. The van der Waals surface area contributed by atoms with Gasteiger partial charge in [-0.2, -0.15) is 0 Å². The van der Waals surface area contributed by atoms with E-state index in [0.29, 0.717) is 49.4 Å². The van der Waals surface area contributed by atoms with Crippen molar-refractivity contribution in [3.8, 4) is 11.5 Å². The maximum Gasteiger partial charge on any atom is 0.410 e. The van der Waals surface area contributed by atoms with Crippen LogP contribution in [-0.2, 0) is 21.6 Å². The summed E-state index contributed by atoms with van der Waals surface area (Å²) in [4.78, 5) is 53.3. The van der Waals surface area contributed by atoms with Crippen molar-refractivity contribution in [2.24, 2.45) is 0 Å². The Morgan fingerprint density at radius 1 is 1.08 bits per heavy atom. The zero-order chi connectivity index (χ0) is 25.8. The minimum absolute atomic E-state index is 0.0340. The summed E-state index contributed by atoms with van der Waals surface area (Å²) >= 11 is 0. The lowest BCUT2D eigenvalue weighted by molar-refractivity contribution is -0.143. The molecule has 1 amide bonds. The van der Waals surface area contributed by atoms with Crippen molar-refractivity contribution < 1.29 is 28.9 Å². The monoisotopic (exact) mass is 502 g/mol. The molecule has 1 fully saturated rings. The van der Waals surface area contributed by atoms with Crippen molar-refractivity contribution in [1.82, 2.24) is 18.8 Å². The van der Waals surface area contributed by atoms with Crippen molar-refractivity contribution in [3.05, 3.63) is 44.7 Å². The van der Waals surface area contributed by atoms with Crippen molar-refractivity contribution in [2.75, 3.05) is 19.9 Å². The maximum absolute atomic E-state index is 13.7. The van der Waals surface area contributed by atoms with Gasteiger partial charge in [0.1, 0.15) is 5.60 Å². The van der Waals surface area contributed by atoms with Crippen molar-refractivity contribution in [3.63, 3.8) is 0 Å². The molecule has 2 aromatic rings. The van der Waals surface area contributed by atoms with Gasteiger partial charge in [-0.25, -0.2) is 33.1 Å². The Labute approximate surface area is 206 Å². The number of piperidine rings is 1. The molecular formula is C24H30N4O8. The Balaban J connectivity index is 1.49. The summed E-state index contributed by atoms with van der Waals surface area (Å²) in [5.41, 5.74) is -1.97. The van der Waals surface area contributed by atoms with Gasteiger partial charge in [0, 0.05) is 13.1 Å². The fraction of sp³-hybridized carbons (Fsp3) is 0.583. The number of hydrogen-bond donors (Lipinski definition) is 1. The number of aromatic nitrogens is 3. The van der Waals surface area contributed by atoms with Gasteiger partial charge in [-0.15, -0.1) is 0 Å². The number of carbonyl (C=O) groups excluding carboxylic acids is 1. The van der Waals surface area contributed by atoms with E-state index in [1.54, 1.807) is 43.9 Å². The van der Waals surface area contributed by atoms with Crippen molar-refractivity contribution >= 4 is 12.1 Å². The lowest BCUT2D eigenvalue weighted by Gasteiger charge is -2.46. The van der Waals surface area contributed by atoms with Crippen LogP contribution in [0.4, 0.5) is 4.79 Å². The predicted octanol–water partition coefficient (Wildman–Crippen LogP) is 1.73. The molecule has 194 valence electrons. The number of hydrogen-bond acceptors (Lipinski definition) is 7. The van der Waals surface area contributed by atoms with Gasteiger partial charge in [0.2, 0.25) is 6.79 Å². The molecule has 1 N–H and O–H groups in total. The van der Waals surface area contributed by atoms with E-state index >= 15 is 0 Å². The first-order valence-corrected chi connectivity index (χ1v) is 12.0. The van der Waals surface area contributed by atoms with E-state index in [-0.39, 0.29) is 19.8 Å². The van der Waals surface area contributed by atoms with Crippen molar-refractivity contribution in [1.29, 1.82) is 0 Å². The number of likely N-dealkylation sites (tertiary alicyclic amines) is 1. The second-order valence-electron chi connectivity index (χ2n) is 10.6. The fourth-order valence-corrected chi connectivity index (χ4v) is 5.31. The summed E-state index contributed by atoms with van der Waals surface area (Å²) in [7, 11) is 0. The van der Waals surface area contributed by atoms with E-state index in [2.05, 4.69) is 0 Å². The third-order valence-electron chi connectivity index (χ3n) is 7.09. The number of aliphatic carboxylic acids is 1. The second-order valence-corrected chi connectivity index (χ2v) is 10.6. The van der Waals surface area contributed by atoms with Gasteiger partial charge in [0.25, 0.3) is 0 Å². The Hall–Kier alpha value is -3.70. The Morgan fingerprint density at radius 3 is 2.44 bits per heavy atom. The van der Waals surface area contributed by atoms with Gasteiger partial charge in [-0.3, -0.25) is 0 Å². The highest BCUT2D eigenvalue weighted by atomic mass is 16.7. The van der Waals surface area contributed by atoms with E-state index < -0.39 is 40.6 Å². The molecule has 0 radical (unpaired) electrons. The van der Waals surface area contributed by atoms with Crippen molar-refractivity contribution in [2.45, 2.75) is 70.2 Å². The van der Waals surface area contributed by atoms with Crippen LogP contribution < -0.4 is 20.9 Å². The van der Waals surface area contributed by atoms with Crippen LogP contribution in [0.1, 0.15) is 58.1 Å². The summed E-state index contributed by atoms with van der Waals surface area (Å²) in [6, 6.07) is 4.02. The molecule has 1 saturated heterocycles. The number of fused-ring (bicyclic) bond motifs is 3. The molecule has 36 heavy (non-hydrogen) atoms. The van der Waals surface area contributed by atoms with E-state index in [4.69, 9.17) is 14.2 Å². The molecule has 0 aliphatic carbocycles. The molecule has 12 nitrogen and oxygen atoms in total. The predicted molar refractivity (Wildman–Crippen MR) is 126 cm³/mol. The van der Waals surface area contributed by atoms with Crippen LogP contribution in [0.5, 0.6) is 11.5 Å². The van der Waals surface area contributed by atoms with Gasteiger partial charge in [0.15, 0.2) is 17.5 Å². The normalized spacial score (nSPS) is 20.3. The van der Waals surface area contributed by atoms with Crippen LogP contribution in [0.2, 0.25) is 0 Å². The molecule has 1 aromatic carbocycles. The molecule has 1 unspecified atom stereocenters. The first-order chi connectivity index (χ1) is 17.0. The zero-order valence-corrected chi connectivity index (χ0v) is 20.6. The van der Waals surface area contributed by atoms with Gasteiger partial charge in [-0.1, -0.05) is 6.07 Å². The lowest BCUT2D eigenvalue weighted by atomic mass is 9.81. The molecule has 5 rings (SSSR count). The summed E-state index contributed by atoms with van der Waals surface area (Å²) in [5.74, 6) is -0.0493. The van der Waals surface area contributed by atoms with Crippen LogP contribution in [-0.4, -0.2) is 61.5 Å². The average Bonchev–Trinajstić information content (AvgIpc) is 3.37. The van der Waals surface area contributed by atoms with Gasteiger partial charge in [-0.05, 0) is 64.2 Å². The first kappa shape index (κ1) is 24.0. The highest BCUT2D eigenvalue weighted by Crippen LogP contribution is 2.39. The van der Waals surface area contributed by atoms with E-state index in [1.165, 1.54) is 4.68 Å². The minimum atomic E-state index is -1.16. The number of rotatable bonds is 3. The summed E-state index contributed by atoms with van der Waals surface area (Å²) in [6.45, 7) is 6.12. The SMILES string of the molecule is CC(C)(C)OC(=O)N1CCC2(CCC(C(=O)O)n3c(=O)n(Cc4ccc5c(c4)OCO5)c(=O)n32)CC1. The summed E-state index contributed by atoms with van der Waals surface area (Å²) in [6.07, 6.45) is 1.02. The smallest absolute Gasteiger partial charge is 0.410 e. The van der Waals surface area contributed by atoms with Crippen LogP contribution in [0.15, 0.2) is 27.8 Å². The first-order valence-electron chi connectivity index (χ1n) is 12.0. The Kier molecular flexibility index (Phi) is 5.64. The standard InChI is InChI=1S/C24H30N4O8/c1-23(2,3)36-22(33)25-10-8-24(9-11-25)7-6-16(19(29)30)27-20(31)26(21(32)28(24)27)13-15-4-5-17-18(12-15)35-14-34-17/h4-5,12,16H,6-11,13-14H2,1-3H3,(H,29,30). The molecule has 4 heterocycles. The van der Waals surface area contributed by atoms with Crippen LogP contribution in [0, 0.1) is 0 Å². The number of carbonyl (C=O) groups is 2. The number of nitrogens with zero attached hydrogens (tertiary/aromatic N) is 4. The molecule has 3 aliphatic rings. The molecule has 1 atom stereocenters.